The van der Waals surface area contributed by atoms with Gasteiger partial charge in [-0.25, -0.2) is 4.72 Å². The Hall–Kier alpha value is -0.885. The van der Waals surface area contributed by atoms with Gasteiger partial charge in [-0.15, -0.1) is 0 Å². The van der Waals surface area contributed by atoms with E-state index in [1.54, 1.807) is 21.3 Å². The van der Waals surface area contributed by atoms with Gasteiger partial charge in [-0.3, -0.25) is 0 Å². The number of benzene rings is 1. The van der Waals surface area contributed by atoms with Crippen molar-refractivity contribution in [1.82, 2.24) is 0 Å². The number of hydrogen-bond donors (Lipinski definition) is 2. The second kappa shape index (κ2) is 10.2. The maximum atomic E-state index is 12.0. The highest BCUT2D eigenvalue weighted by atomic mass is 32.2. The number of hydrogen-bond acceptors (Lipinski definition) is 5. The van der Waals surface area contributed by atoms with Gasteiger partial charge in [-0.2, -0.15) is 0 Å². The third kappa shape index (κ3) is 6.87. The van der Waals surface area contributed by atoms with Gasteiger partial charge in [-0.1, -0.05) is 25.3 Å². The van der Waals surface area contributed by atoms with Gasteiger partial charge in [0.25, 0.3) is 0 Å². The highest BCUT2D eigenvalue weighted by Crippen LogP contribution is 2.29. The Morgan fingerprint density at radius 2 is 1.89 bits per heavy atom. The van der Waals surface area contributed by atoms with E-state index in [2.05, 4.69) is 4.72 Å². The second-order valence-corrected chi connectivity index (χ2v) is 10.1. The Morgan fingerprint density at radius 1 is 1.21 bits per heavy atom. The first-order chi connectivity index (χ1) is 13.1. The summed E-state index contributed by atoms with van der Waals surface area (Å²) in [7, 11) is 1.64. The van der Waals surface area contributed by atoms with Crippen molar-refractivity contribution in [2.75, 3.05) is 17.1 Å². The molecule has 1 radical (unpaired) electrons. The van der Waals surface area contributed by atoms with Crippen LogP contribution >= 0.6 is 0 Å². The van der Waals surface area contributed by atoms with Gasteiger partial charge in [0, 0.05) is 0 Å². The fourth-order valence-corrected chi connectivity index (χ4v) is 3.49. The van der Waals surface area contributed by atoms with Crippen LogP contribution in [0.1, 0.15) is 66.7 Å². The highest BCUT2D eigenvalue weighted by Gasteiger charge is 2.35. The Labute approximate surface area is 174 Å². The molecule has 1 saturated carbocycles. The molecule has 1 fully saturated rings. The van der Waals surface area contributed by atoms with E-state index in [0.29, 0.717) is 24.0 Å². The fourth-order valence-electron chi connectivity index (χ4n) is 2.93. The van der Waals surface area contributed by atoms with Crippen LogP contribution in [0.25, 0.3) is 0 Å². The monoisotopic (exact) mass is 408 g/mol. The second-order valence-electron chi connectivity index (χ2n) is 8.61. The molecule has 1 aromatic rings. The van der Waals surface area contributed by atoms with Crippen molar-refractivity contribution >= 4 is 30.0 Å². The van der Waals surface area contributed by atoms with E-state index in [1.165, 1.54) is 32.1 Å². The Kier molecular flexibility index (Phi) is 8.55. The summed E-state index contributed by atoms with van der Waals surface area (Å²) in [6.45, 7) is 9.71. The van der Waals surface area contributed by atoms with Crippen molar-refractivity contribution in [2.45, 2.75) is 77.9 Å². The van der Waals surface area contributed by atoms with Crippen molar-refractivity contribution in [2.24, 2.45) is 5.92 Å². The van der Waals surface area contributed by atoms with Crippen LogP contribution in [0.15, 0.2) is 18.2 Å². The molecule has 0 amide bonds. The summed E-state index contributed by atoms with van der Waals surface area (Å²) in [6.07, 6.45) is 6.27. The molecular weight excluding hydrogens is 373 g/mol. The zero-order chi connectivity index (χ0) is 20.8. The number of rotatable bonds is 10. The lowest BCUT2D eigenvalue weighted by atomic mass is 9.82. The first kappa shape index (κ1) is 23.4. The maximum Gasteiger partial charge on any atom is 0.331 e. The van der Waals surface area contributed by atoms with Gasteiger partial charge in [0.1, 0.15) is 17.2 Å². The largest absolute Gasteiger partial charge is 0.593 e. The average molecular weight is 408 g/mol. The van der Waals surface area contributed by atoms with Crippen LogP contribution in [0.2, 0.25) is 0 Å². The molecule has 0 heterocycles. The SMILES string of the molecule is CC[S+]([O-])Nc1ccc([B]OC(C)(C)C(C)(C)O)cc1OCC1CCCCC1. The van der Waals surface area contributed by atoms with E-state index in [9.17, 15) is 9.66 Å². The lowest BCUT2D eigenvalue weighted by Crippen LogP contribution is -2.49. The van der Waals surface area contributed by atoms with Gasteiger partial charge < -0.3 is 19.1 Å². The zero-order valence-corrected chi connectivity index (χ0v) is 18.7. The molecule has 0 saturated heterocycles. The fraction of sp³-hybridized carbons (Fsp3) is 0.714. The quantitative estimate of drug-likeness (QED) is 0.458. The third-order valence-corrected chi connectivity index (χ3v) is 6.63. The topological polar surface area (TPSA) is 73.8 Å². The molecule has 5 nitrogen and oxygen atoms in total. The number of aliphatic hydroxyl groups is 1. The molecule has 0 bridgehead atoms. The Bertz CT molecular complexity index is 615. The van der Waals surface area contributed by atoms with Crippen LogP contribution in [0.5, 0.6) is 5.75 Å². The molecule has 7 heteroatoms. The number of nitrogens with one attached hydrogen (secondary N) is 1. The minimum absolute atomic E-state index is 0.527. The van der Waals surface area contributed by atoms with Crippen molar-refractivity contribution in [3.63, 3.8) is 0 Å². The Balaban J connectivity index is 2.09. The first-order valence-corrected chi connectivity index (χ1v) is 11.6. The summed E-state index contributed by atoms with van der Waals surface area (Å²) < 4.78 is 27.0. The van der Waals surface area contributed by atoms with Crippen molar-refractivity contribution in [1.29, 1.82) is 0 Å². The van der Waals surface area contributed by atoms with Crippen LogP contribution in [-0.2, 0) is 16.0 Å². The van der Waals surface area contributed by atoms with Crippen molar-refractivity contribution < 1.29 is 19.1 Å². The summed E-state index contributed by atoms with van der Waals surface area (Å²) in [5.74, 6) is 1.79. The van der Waals surface area contributed by atoms with Crippen LogP contribution in [0.4, 0.5) is 5.69 Å². The molecule has 1 unspecified atom stereocenters. The van der Waals surface area contributed by atoms with E-state index >= 15 is 0 Å². The minimum Gasteiger partial charge on any atom is -0.593 e. The summed E-state index contributed by atoms with van der Waals surface area (Å²) in [4.78, 5) is 0. The molecule has 157 valence electrons. The minimum atomic E-state index is -1.14. The summed E-state index contributed by atoms with van der Waals surface area (Å²) in [5, 5.41) is 10.3. The normalized spacial score (nSPS) is 17.2. The van der Waals surface area contributed by atoms with E-state index < -0.39 is 22.6 Å². The lowest BCUT2D eigenvalue weighted by Gasteiger charge is -2.37. The van der Waals surface area contributed by atoms with E-state index in [0.717, 1.165) is 11.2 Å². The maximum absolute atomic E-state index is 12.0. The van der Waals surface area contributed by atoms with Crippen LogP contribution < -0.4 is 14.9 Å². The predicted molar refractivity (Wildman–Crippen MR) is 118 cm³/mol. The van der Waals surface area contributed by atoms with E-state index in [-0.39, 0.29) is 0 Å². The number of ether oxygens (including phenoxy) is 1. The van der Waals surface area contributed by atoms with E-state index in [4.69, 9.17) is 9.39 Å². The molecule has 2 N–H and O–H groups in total. The summed E-state index contributed by atoms with van der Waals surface area (Å²) >= 11 is -1.14. The highest BCUT2D eigenvalue weighted by molar-refractivity contribution is 7.92. The molecular formula is C21H35BNO4S. The first-order valence-electron chi connectivity index (χ1n) is 10.3. The number of anilines is 1. The Morgan fingerprint density at radius 3 is 2.50 bits per heavy atom. The van der Waals surface area contributed by atoms with Crippen molar-refractivity contribution in [3.05, 3.63) is 18.2 Å². The van der Waals surface area contributed by atoms with Crippen LogP contribution in [0.3, 0.4) is 0 Å². The van der Waals surface area contributed by atoms with Crippen LogP contribution in [-0.4, -0.2) is 40.7 Å². The van der Waals surface area contributed by atoms with Gasteiger partial charge in [0.2, 0.25) is 0 Å². The molecule has 1 aromatic carbocycles. The lowest BCUT2D eigenvalue weighted by molar-refractivity contribution is -0.0893. The molecule has 1 aliphatic rings. The molecule has 28 heavy (non-hydrogen) atoms. The molecule has 0 aliphatic heterocycles. The molecule has 1 aliphatic carbocycles. The third-order valence-electron chi connectivity index (χ3n) is 5.65. The van der Waals surface area contributed by atoms with Gasteiger partial charge in [-0.05, 0) is 71.0 Å². The average Bonchev–Trinajstić information content (AvgIpc) is 2.65. The molecule has 0 aromatic heterocycles. The molecule has 2 rings (SSSR count). The molecule has 0 spiro atoms. The smallest absolute Gasteiger partial charge is 0.331 e. The standard InChI is InChI=1S/C21H35BNO4S/c1-6-28(25)23-18-13-12-17(22-27-21(4,5)20(2,3)24)14-19(18)26-15-16-10-8-7-9-11-16/h12-14,16,23-24H,6-11,15H2,1-5H3. The van der Waals surface area contributed by atoms with Gasteiger partial charge >= 0.3 is 7.48 Å². The van der Waals surface area contributed by atoms with Crippen molar-refractivity contribution in [3.8, 4) is 5.75 Å². The molecule has 1 atom stereocenters. The summed E-state index contributed by atoms with van der Waals surface area (Å²) in [5.41, 5.74) is -0.154. The van der Waals surface area contributed by atoms with Gasteiger partial charge in [0.15, 0.2) is 0 Å². The van der Waals surface area contributed by atoms with E-state index in [1.807, 2.05) is 39.0 Å². The van der Waals surface area contributed by atoms with Crippen LogP contribution in [0, 0.1) is 5.92 Å². The summed E-state index contributed by atoms with van der Waals surface area (Å²) in [6, 6.07) is 5.66. The predicted octanol–water partition coefficient (Wildman–Crippen LogP) is 3.55. The zero-order valence-electron chi connectivity index (χ0n) is 17.9. The van der Waals surface area contributed by atoms with Gasteiger partial charge in [0.05, 0.1) is 29.2 Å².